The van der Waals surface area contributed by atoms with E-state index in [9.17, 15) is 23.4 Å². The van der Waals surface area contributed by atoms with Crippen LogP contribution in [0, 0.1) is 0 Å². The molecule has 1 atom stereocenters. The van der Waals surface area contributed by atoms with Crippen LogP contribution < -0.4 is 9.75 Å². The van der Waals surface area contributed by atoms with E-state index in [0.29, 0.717) is 27.6 Å². The van der Waals surface area contributed by atoms with Gasteiger partial charge in [0.1, 0.15) is 11.5 Å². The van der Waals surface area contributed by atoms with Gasteiger partial charge in [0.25, 0.3) is 5.72 Å². The van der Waals surface area contributed by atoms with Crippen LogP contribution in [-0.2, 0) is 0 Å². The van der Waals surface area contributed by atoms with Gasteiger partial charge in [-0.1, -0.05) is 18.2 Å². The maximum atomic E-state index is 13.8. The number of hydrogen-bond acceptors (Lipinski definition) is 7. The SMILES string of the molecule is COc1ccc(-c2csc(N3N=C(/C=C/c4ccccc4O)C[C@]3(O)C(F)(F)F)n2)cc1. The van der Waals surface area contributed by atoms with Crippen molar-refractivity contribution in [2.24, 2.45) is 5.10 Å². The number of thiazole rings is 1. The van der Waals surface area contributed by atoms with Crippen molar-refractivity contribution in [2.75, 3.05) is 12.1 Å². The summed E-state index contributed by atoms with van der Waals surface area (Å²) in [7, 11) is 1.53. The molecule has 0 radical (unpaired) electrons. The lowest BCUT2D eigenvalue weighted by Gasteiger charge is -2.32. The zero-order valence-corrected chi connectivity index (χ0v) is 17.6. The number of hydrogen-bond donors (Lipinski definition) is 2. The Morgan fingerprint density at radius 3 is 2.50 bits per heavy atom. The molecular formula is C22H18F3N3O3S. The Morgan fingerprint density at radius 2 is 1.84 bits per heavy atom. The molecule has 0 bridgehead atoms. The van der Waals surface area contributed by atoms with Crippen LogP contribution in [0.5, 0.6) is 11.5 Å². The van der Waals surface area contributed by atoms with Crippen molar-refractivity contribution in [1.29, 1.82) is 0 Å². The lowest BCUT2D eigenvalue weighted by atomic mass is 10.1. The normalized spacial score (nSPS) is 18.9. The van der Waals surface area contributed by atoms with E-state index in [-0.39, 0.29) is 16.6 Å². The van der Waals surface area contributed by atoms with Crippen LogP contribution in [0.2, 0.25) is 0 Å². The second-order valence-electron chi connectivity index (χ2n) is 7.03. The molecule has 32 heavy (non-hydrogen) atoms. The Morgan fingerprint density at radius 1 is 1.12 bits per heavy atom. The molecule has 4 rings (SSSR count). The molecule has 2 N–H and O–H groups in total. The molecule has 0 spiro atoms. The first-order chi connectivity index (χ1) is 15.2. The fourth-order valence-corrected chi connectivity index (χ4v) is 4.01. The molecule has 166 valence electrons. The second kappa shape index (κ2) is 8.29. The van der Waals surface area contributed by atoms with Gasteiger partial charge in [-0.05, 0) is 42.5 Å². The van der Waals surface area contributed by atoms with E-state index in [1.54, 1.807) is 47.8 Å². The van der Waals surface area contributed by atoms with E-state index in [1.807, 2.05) is 0 Å². The maximum Gasteiger partial charge on any atom is 0.438 e. The summed E-state index contributed by atoms with van der Waals surface area (Å²) in [6.07, 6.45) is -2.98. The van der Waals surface area contributed by atoms with E-state index in [4.69, 9.17) is 4.74 Å². The molecule has 1 aliphatic rings. The van der Waals surface area contributed by atoms with Crippen molar-refractivity contribution in [3.63, 3.8) is 0 Å². The van der Waals surface area contributed by atoms with Gasteiger partial charge in [0.05, 0.1) is 24.9 Å². The van der Waals surface area contributed by atoms with Crippen LogP contribution in [0.4, 0.5) is 18.3 Å². The summed E-state index contributed by atoms with van der Waals surface area (Å²) in [5.41, 5.74) is -1.69. The number of aliphatic hydroxyl groups is 1. The number of nitrogens with zero attached hydrogens (tertiary/aromatic N) is 3. The summed E-state index contributed by atoms with van der Waals surface area (Å²) >= 11 is 0.941. The second-order valence-corrected chi connectivity index (χ2v) is 7.87. The number of rotatable bonds is 5. The van der Waals surface area contributed by atoms with Gasteiger partial charge < -0.3 is 14.9 Å². The van der Waals surface area contributed by atoms with Gasteiger partial charge in [-0.3, -0.25) is 0 Å². The highest BCUT2D eigenvalue weighted by molar-refractivity contribution is 7.14. The number of para-hydroxylation sites is 1. The quantitative estimate of drug-likeness (QED) is 0.556. The average molecular weight is 461 g/mol. The molecule has 0 aliphatic carbocycles. The predicted octanol–water partition coefficient (Wildman–Crippen LogP) is 5.05. The Labute approximate surface area is 185 Å². The van der Waals surface area contributed by atoms with Crippen molar-refractivity contribution < 1.29 is 28.1 Å². The number of hydrazone groups is 1. The van der Waals surface area contributed by atoms with Crippen LogP contribution in [0.15, 0.2) is 65.1 Å². The van der Waals surface area contributed by atoms with E-state index in [1.165, 1.54) is 25.3 Å². The molecule has 3 aromatic rings. The number of aromatic nitrogens is 1. The first kappa shape index (κ1) is 21.8. The third-order valence-corrected chi connectivity index (χ3v) is 5.73. The highest BCUT2D eigenvalue weighted by atomic mass is 32.1. The summed E-state index contributed by atoms with van der Waals surface area (Å²) in [5.74, 6) is 0.620. The molecule has 0 amide bonds. The Bertz CT molecular complexity index is 1170. The van der Waals surface area contributed by atoms with E-state index < -0.39 is 18.3 Å². The lowest BCUT2D eigenvalue weighted by molar-refractivity contribution is -0.254. The first-order valence-corrected chi connectivity index (χ1v) is 10.3. The smallest absolute Gasteiger partial charge is 0.438 e. The fourth-order valence-electron chi connectivity index (χ4n) is 3.16. The van der Waals surface area contributed by atoms with Gasteiger partial charge in [0.2, 0.25) is 5.13 Å². The largest absolute Gasteiger partial charge is 0.507 e. The highest BCUT2D eigenvalue weighted by Gasteiger charge is 2.62. The van der Waals surface area contributed by atoms with E-state index in [2.05, 4.69) is 10.1 Å². The summed E-state index contributed by atoms with van der Waals surface area (Å²) in [4.78, 5) is 4.27. The number of allylic oxidation sites excluding steroid dienone is 1. The van der Waals surface area contributed by atoms with E-state index >= 15 is 0 Å². The molecular weight excluding hydrogens is 443 g/mol. The molecule has 1 aromatic heterocycles. The number of methoxy groups -OCH3 is 1. The number of benzene rings is 2. The summed E-state index contributed by atoms with van der Waals surface area (Å²) < 4.78 is 46.6. The van der Waals surface area contributed by atoms with Crippen molar-refractivity contribution in [3.8, 4) is 22.8 Å². The van der Waals surface area contributed by atoms with Gasteiger partial charge in [-0.25, -0.2) is 4.98 Å². The minimum Gasteiger partial charge on any atom is -0.507 e. The zero-order valence-electron chi connectivity index (χ0n) is 16.7. The maximum absolute atomic E-state index is 13.8. The number of anilines is 1. The Kier molecular flexibility index (Phi) is 5.66. The summed E-state index contributed by atoms with van der Waals surface area (Å²) in [6.45, 7) is 0. The molecule has 1 aliphatic heterocycles. The van der Waals surface area contributed by atoms with Crippen LogP contribution in [0.25, 0.3) is 17.3 Å². The third kappa shape index (κ3) is 4.06. The monoisotopic (exact) mass is 461 g/mol. The van der Waals surface area contributed by atoms with Crippen LogP contribution in [0.1, 0.15) is 12.0 Å². The molecule has 0 fully saturated rings. The molecule has 2 heterocycles. The fraction of sp³-hybridized carbons (Fsp3) is 0.182. The van der Waals surface area contributed by atoms with Gasteiger partial charge >= 0.3 is 6.18 Å². The standard InChI is InChI=1S/C22H18F3N3O3S/c1-31-17-10-7-14(8-11-17)18-13-32-20(26-18)28-21(30,22(23,24)25)12-16(27-28)9-6-15-4-2-3-5-19(15)29/h2-11,13,29-30H,12H2,1H3/b9-6+/t21-/m0/s1. The molecule has 10 heteroatoms. The average Bonchev–Trinajstić information content (AvgIpc) is 3.38. The van der Waals surface area contributed by atoms with Crippen molar-refractivity contribution in [2.45, 2.75) is 18.3 Å². The van der Waals surface area contributed by atoms with Crippen molar-refractivity contribution in [1.82, 2.24) is 4.98 Å². The third-order valence-electron chi connectivity index (χ3n) is 4.91. The number of ether oxygens (including phenoxy) is 1. The van der Waals surface area contributed by atoms with Gasteiger partial charge in [-0.2, -0.15) is 23.3 Å². The summed E-state index contributed by atoms with van der Waals surface area (Å²) in [5, 5.41) is 26.4. The number of halogens is 3. The van der Waals surface area contributed by atoms with Crippen molar-refractivity contribution >= 4 is 28.3 Å². The highest BCUT2D eigenvalue weighted by Crippen LogP contribution is 2.44. The van der Waals surface area contributed by atoms with Gasteiger partial charge in [0.15, 0.2) is 0 Å². The minimum absolute atomic E-state index is 0.00530. The van der Waals surface area contributed by atoms with Crippen LogP contribution in [-0.4, -0.2) is 39.9 Å². The zero-order chi connectivity index (χ0) is 22.9. The topological polar surface area (TPSA) is 78.2 Å². The predicted molar refractivity (Wildman–Crippen MR) is 117 cm³/mol. The Balaban J connectivity index is 1.66. The minimum atomic E-state index is -4.98. The van der Waals surface area contributed by atoms with E-state index in [0.717, 1.165) is 11.3 Å². The van der Waals surface area contributed by atoms with Crippen molar-refractivity contribution in [3.05, 3.63) is 65.6 Å². The lowest BCUT2D eigenvalue weighted by Crippen LogP contribution is -2.55. The first-order valence-electron chi connectivity index (χ1n) is 9.44. The summed E-state index contributed by atoms with van der Waals surface area (Å²) in [6, 6.07) is 13.3. The van der Waals surface area contributed by atoms with Gasteiger partial charge in [-0.15, -0.1) is 11.3 Å². The molecule has 0 saturated heterocycles. The Hall–Kier alpha value is -3.37. The number of phenols is 1. The molecule has 0 unspecified atom stereocenters. The molecule has 0 saturated carbocycles. The molecule has 2 aromatic carbocycles. The number of alkyl halides is 3. The van der Waals surface area contributed by atoms with Gasteiger partial charge in [0, 0.05) is 16.5 Å². The van der Waals surface area contributed by atoms with Crippen LogP contribution in [0.3, 0.4) is 0 Å². The number of phenolic OH excluding ortho intramolecular Hbond substituents is 1. The van der Waals surface area contributed by atoms with Crippen LogP contribution >= 0.6 is 11.3 Å². The number of aromatic hydroxyl groups is 1. The molecule has 6 nitrogen and oxygen atoms in total.